The zero-order chi connectivity index (χ0) is 11.9. The first kappa shape index (κ1) is 12.8. The molecule has 0 saturated carbocycles. The first-order chi connectivity index (χ1) is 8.40. The van der Waals surface area contributed by atoms with Crippen molar-refractivity contribution in [3.8, 4) is 0 Å². The Morgan fingerprint density at radius 1 is 1.06 bits per heavy atom. The van der Waals surface area contributed by atoms with Gasteiger partial charge in [0.05, 0.1) is 5.03 Å². The summed E-state index contributed by atoms with van der Waals surface area (Å²) in [7, 11) is 0. The number of H-pyrrole nitrogens is 1. The van der Waals surface area contributed by atoms with Crippen molar-refractivity contribution in [2.45, 2.75) is 30.7 Å². The summed E-state index contributed by atoms with van der Waals surface area (Å²) in [6, 6.07) is 10.7. The molecule has 1 aromatic carbocycles. The minimum Gasteiger partial charge on any atom is -0.350 e. The number of alkyl halides is 1. The molecule has 1 heterocycles. The number of aromatic nitrogens is 1. The van der Waals surface area contributed by atoms with E-state index < -0.39 is 0 Å². The van der Waals surface area contributed by atoms with Crippen molar-refractivity contribution in [1.29, 1.82) is 0 Å². The van der Waals surface area contributed by atoms with Crippen LogP contribution in [0.4, 0.5) is 0 Å². The zero-order valence-electron chi connectivity index (χ0n) is 9.92. The molecule has 92 valence electrons. The Kier molecular flexibility index (Phi) is 5.27. The number of para-hydroxylation sites is 1. The molecule has 1 nitrogen and oxygen atoms in total. The summed E-state index contributed by atoms with van der Waals surface area (Å²) in [4.78, 5) is 3.44. The third-order valence-corrected chi connectivity index (χ3v) is 4.08. The molecule has 0 radical (unpaired) electrons. The quantitative estimate of drug-likeness (QED) is 0.421. The van der Waals surface area contributed by atoms with Crippen LogP contribution in [0.25, 0.3) is 10.9 Å². The van der Waals surface area contributed by atoms with Crippen molar-refractivity contribution in [2.24, 2.45) is 0 Å². The molecule has 0 aliphatic carbocycles. The summed E-state index contributed by atoms with van der Waals surface area (Å²) < 4.78 is 0. The fourth-order valence-electron chi connectivity index (χ4n) is 1.86. The van der Waals surface area contributed by atoms with Gasteiger partial charge in [-0.1, -0.05) is 31.0 Å². The van der Waals surface area contributed by atoms with Crippen LogP contribution in [0.15, 0.2) is 35.4 Å². The van der Waals surface area contributed by atoms with Crippen LogP contribution in [0.1, 0.15) is 25.7 Å². The number of rotatable bonds is 7. The van der Waals surface area contributed by atoms with E-state index in [2.05, 4.69) is 35.3 Å². The van der Waals surface area contributed by atoms with Crippen molar-refractivity contribution in [3.63, 3.8) is 0 Å². The highest BCUT2D eigenvalue weighted by Gasteiger charge is 2.00. The largest absolute Gasteiger partial charge is 0.350 e. The van der Waals surface area contributed by atoms with Crippen LogP contribution in [0.2, 0.25) is 0 Å². The number of aromatic amines is 1. The summed E-state index contributed by atoms with van der Waals surface area (Å²) in [6.07, 6.45) is 4.98. The summed E-state index contributed by atoms with van der Waals surface area (Å²) >= 11 is 7.56. The Balaban J connectivity index is 1.75. The van der Waals surface area contributed by atoms with Gasteiger partial charge in [0.1, 0.15) is 0 Å². The normalized spacial score (nSPS) is 11.1. The van der Waals surface area contributed by atoms with Crippen molar-refractivity contribution in [3.05, 3.63) is 30.3 Å². The lowest BCUT2D eigenvalue weighted by atomic mass is 10.2. The smallest absolute Gasteiger partial charge is 0.0732 e. The predicted octanol–water partition coefficient (Wildman–Crippen LogP) is 5.06. The molecule has 0 spiro atoms. The van der Waals surface area contributed by atoms with Crippen molar-refractivity contribution < 1.29 is 0 Å². The fraction of sp³-hybridized carbons (Fsp3) is 0.429. The highest BCUT2D eigenvalue weighted by Crippen LogP contribution is 2.24. The molecular weight excluding hydrogens is 250 g/mol. The van der Waals surface area contributed by atoms with Gasteiger partial charge in [-0.05, 0) is 30.7 Å². The van der Waals surface area contributed by atoms with E-state index in [1.165, 1.54) is 40.9 Å². The summed E-state index contributed by atoms with van der Waals surface area (Å²) in [5.41, 5.74) is 1.23. The number of nitrogens with one attached hydrogen (secondary N) is 1. The first-order valence-electron chi connectivity index (χ1n) is 6.16. The Bertz CT molecular complexity index is 419. The zero-order valence-corrected chi connectivity index (χ0v) is 11.5. The molecule has 1 aromatic heterocycles. The second-order valence-corrected chi connectivity index (χ2v) is 5.69. The average Bonchev–Trinajstić information content (AvgIpc) is 2.76. The molecule has 2 aromatic rings. The molecule has 0 fully saturated rings. The summed E-state index contributed by atoms with van der Waals surface area (Å²) in [5, 5.41) is 2.58. The molecule has 0 aliphatic rings. The van der Waals surface area contributed by atoms with Crippen LogP contribution in [0.5, 0.6) is 0 Å². The maximum absolute atomic E-state index is 5.65. The van der Waals surface area contributed by atoms with Crippen LogP contribution < -0.4 is 0 Å². The van der Waals surface area contributed by atoms with Gasteiger partial charge in [-0.25, -0.2) is 0 Å². The molecule has 0 aliphatic heterocycles. The first-order valence-corrected chi connectivity index (χ1v) is 7.68. The van der Waals surface area contributed by atoms with Crippen molar-refractivity contribution >= 4 is 34.3 Å². The standard InChI is InChI=1S/C14H18ClNS/c15-9-5-1-2-6-10-17-14-11-12-7-3-4-8-13(12)16-14/h3-4,7-8,11,16H,1-2,5-6,9-10H2. The second kappa shape index (κ2) is 6.97. The van der Waals surface area contributed by atoms with Gasteiger partial charge >= 0.3 is 0 Å². The Morgan fingerprint density at radius 3 is 2.71 bits per heavy atom. The number of fused-ring (bicyclic) bond motifs is 1. The SMILES string of the molecule is ClCCCCCCSc1cc2ccccc2[nH]1. The Morgan fingerprint density at radius 2 is 1.88 bits per heavy atom. The van der Waals surface area contributed by atoms with Gasteiger partial charge < -0.3 is 4.98 Å². The van der Waals surface area contributed by atoms with Gasteiger partial charge in [-0.2, -0.15) is 0 Å². The Labute approximate surface area is 112 Å². The summed E-state index contributed by atoms with van der Waals surface area (Å²) in [5.74, 6) is 1.99. The molecule has 0 amide bonds. The highest BCUT2D eigenvalue weighted by atomic mass is 35.5. The van der Waals surface area contributed by atoms with Crippen LogP contribution in [-0.2, 0) is 0 Å². The molecule has 0 atom stereocenters. The van der Waals surface area contributed by atoms with Crippen LogP contribution in [0.3, 0.4) is 0 Å². The highest BCUT2D eigenvalue weighted by molar-refractivity contribution is 7.99. The maximum atomic E-state index is 5.65. The van der Waals surface area contributed by atoms with E-state index in [-0.39, 0.29) is 0 Å². The van der Waals surface area contributed by atoms with Gasteiger partial charge in [0.2, 0.25) is 0 Å². The molecular formula is C14H18ClNS. The van der Waals surface area contributed by atoms with Gasteiger partial charge in [-0.15, -0.1) is 23.4 Å². The lowest BCUT2D eigenvalue weighted by Gasteiger charge is -1.98. The van der Waals surface area contributed by atoms with Gasteiger partial charge in [0.25, 0.3) is 0 Å². The number of hydrogen-bond acceptors (Lipinski definition) is 1. The third-order valence-electron chi connectivity index (χ3n) is 2.79. The van der Waals surface area contributed by atoms with Crippen LogP contribution in [-0.4, -0.2) is 16.6 Å². The van der Waals surface area contributed by atoms with E-state index in [4.69, 9.17) is 11.6 Å². The van der Waals surface area contributed by atoms with E-state index in [0.29, 0.717) is 0 Å². The Hall–Kier alpha value is -0.600. The number of thioether (sulfide) groups is 1. The molecule has 0 bridgehead atoms. The van der Waals surface area contributed by atoms with Crippen LogP contribution in [0, 0.1) is 0 Å². The van der Waals surface area contributed by atoms with E-state index in [1.54, 1.807) is 0 Å². The maximum Gasteiger partial charge on any atom is 0.0732 e. The predicted molar refractivity (Wildman–Crippen MR) is 78.2 cm³/mol. The monoisotopic (exact) mass is 267 g/mol. The summed E-state index contributed by atoms with van der Waals surface area (Å²) in [6.45, 7) is 0. The third kappa shape index (κ3) is 3.97. The molecule has 0 saturated heterocycles. The lowest BCUT2D eigenvalue weighted by Crippen LogP contribution is -1.82. The van der Waals surface area contributed by atoms with E-state index >= 15 is 0 Å². The van der Waals surface area contributed by atoms with Crippen molar-refractivity contribution in [2.75, 3.05) is 11.6 Å². The minimum atomic E-state index is 0.801. The van der Waals surface area contributed by atoms with Crippen LogP contribution >= 0.6 is 23.4 Å². The molecule has 3 heteroatoms. The lowest BCUT2D eigenvalue weighted by molar-refractivity contribution is 0.709. The molecule has 0 unspecified atom stereocenters. The molecule has 2 rings (SSSR count). The van der Waals surface area contributed by atoms with Crippen molar-refractivity contribution in [1.82, 2.24) is 4.98 Å². The van der Waals surface area contributed by atoms with Gasteiger partial charge in [0, 0.05) is 16.8 Å². The number of hydrogen-bond donors (Lipinski definition) is 1. The topological polar surface area (TPSA) is 15.8 Å². The van der Waals surface area contributed by atoms with Gasteiger partial charge in [-0.3, -0.25) is 0 Å². The minimum absolute atomic E-state index is 0.801. The van der Waals surface area contributed by atoms with E-state index in [0.717, 1.165) is 12.3 Å². The molecule has 1 N–H and O–H groups in total. The van der Waals surface area contributed by atoms with Gasteiger partial charge in [0.15, 0.2) is 0 Å². The number of halogens is 1. The average molecular weight is 268 g/mol. The van der Waals surface area contributed by atoms with E-state index in [9.17, 15) is 0 Å². The number of benzene rings is 1. The molecule has 17 heavy (non-hydrogen) atoms. The number of unbranched alkanes of at least 4 members (excludes halogenated alkanes) is 3. The fourth-order valence-corrected chi connectivity index (χ4v) is 3.01. The second-order valence-electron chi connectivity index (χ2n) is 4.17. The van der Waals surface area contributed by atoms with E-state index in [1.807, 2.05) is 11.8 Å².